The normalized spacial score (nSPS) is 11.1. The second kappa shape index (κ2) is 11.0. The van der Waals surface area contributed by atoms with E-state index in [4.69, 9.17) is 9.40 Å². The molecule has 10 heteroatoms. The van der Waals surface area contributed by atoms with Gasteiger partial charge < -0.3 is 20.0 Å². The number of benzene rings is 1. The molecule has 0 spiro atoms. The number of carbonyl (C=O) groups excluding carboxylic acids is 1. The van der Waals surface area contributed by atoms with E-state index >= 15 is 0 Å². The van der Waals surface area contributed by atoms with Crippen molar-refractivity contribution >= 4 is 50.0 Å². The highest BCUT2D eigenvalue weighted by atomic mass is 32.1. The number of fused-ring (bicyclic) bond motifs is 1. The maximum Gasteiger partial charge on any atom is 0.224 e. The van der Waals surface area contributed by atoms with Crippen molar-refractivity contribution in [2.45, 2.75) is 33.6 Å². The van der Waals surface area contributed by atoms with Crippen molar-refractivity contribution in [2.75, 3.05) is 23.8 Å². The molecule has 5 rings (SSSR count). The third kappa shape index (κ3) is 5.97. The van der Waals surface area contributed by atoms with Crippen molar-refractivity contribution in [1.29, 1.82) is 0 Å². The predicted octanol–water partition coefficient (Wildman–Crippen LogP) is 5.41. The summed E-state index contributed by atoms with van der Waals surface area (Å²) in [6, 6.07) is 16.0. The molecule has 2 N–H and O–H groups in total. The zero-order valence-electron chi connectivity index (χ0n) is 21.8. The van der Waals surface area contributed by atoms with Crippen molar-refractivity contribution in [3.8, 4) is 0 Å². The van der Waals surface area contributed by atoms with Gasteiger partial charge in [-0.05, 0) is 55.8 Å². The average Bonchev–Trinajstić information content (AvgIpc) is 3.44. The number of hydrogen-bond donors (Lipinski definition) is 2. The van der Waals surface area contributed by atoms with E-state index in [0.29, 0.717) is 29.8 Å². The molecule has 4 heterocycles. The number of hydrogen-bond acceptors (Lipinski definition) is 9. The highest BCUT2D eigenvalue weighted by Gasteiger charge is 2.12. The maximum absolute atomic E-state index is 12.5. The summed E-state index contributed by atoms with van der Waals surface area (Å²) in [6.45, 7) is 6.27. The monoisotopic (exact) mass is 527 g/mol. The van der Waals surface area contributed by atoms with Crippen LogP contribution in [0.4, 0.5) is 22.5 Å². The lowest BCUT2D eigenvalue weighted by Crippen LogP contribution is -2.27. The first-order valence-electron chi connectivity index (χ1n) is 12.3. The van der Waals surface area contributed by atoms with Crippen LogP contribution in [-0.2, 0) is 17.6 Å². The Labute approximate surface area is 225 Å². The SMILES string of the molecule is Cc1ccc(N(C)c2ccc3nc(Nc4cc(CC(=O)NCCc5nc(C)oc5C)ccn4)sc3n2)cc1. The molecule has 0 aliphatic heterocycles. The molecule has 194 valence electrons. The fraction of sp³-hybridized carbons (Fsp3) is 0.250. The molecular formula is C28H29N7O2S. The van der Waals surface area contributed by atoms with Gasteiger partial charge in [0.15, 0.2) is 11.0 Å². The summed E-state index contributed by atoms with van der Waals surface area (Å²) in [5.41, 5.74) is 4.83. The van der Waals surface area contributed by atoms with Crippen LogP contribution in [0.2, 0.25) is 0 Å². The highest BCUT2D eigenvalue weighted by Crippen LogP contribution is 2.30. The van der Waals surface area contributed by atoms with Gasteiger partial charge in [0, 0.05) is 38.8 Å². The van der Waals surface area contributed by atoms with Crippen molar-refractivity contribution in [2.24, 2.45) is 0 Å². The number of oxazole rings is 1. The van der Waals surface area contributed by atoms with Gasteiger partial charge in [-0.3, -0.25) is 4.79 Å². The Balaban J connectivity index is 1.21. The Morgan fingerprint density at radius 2 is 1.84 bits per heavy atom. The summed E-state index contributed by atoms with van der Waals surface area (Å²) < 4.78 is 5.44. The van der Waals surface area contributed by atoms with Crippen LogP contribution >= 0.6 is 11.3 Å². The Hall–Kier alpha value is -4.31. The molecular weight excluding hydrogens is 498 g/mol. The van der Waals surface area contributed by atoms with E-state index in [1.54, 1.807) is 6.20 Å². The Morgan fingerprint density at radius 3 is 2.61 bits per heavy atom. The summed E-state index contributed by atoms with van der Waals surface area (Å²) in [5, 5.41) is 6.90. The number of rotatable bonds is 9. The summed E-state index contributed by atoms with van der Waals surface area (Å²) in [7, 11) is 2.00. The van der Waals surface area contributed by atoms with Crippen LogP contribution in [0, 0.1) is 20.8 Å². The number of pyridine rings is 2. The van der Waals surface area contributed by atoms with Crippen LogP contribution in [0.25, 0.3) is 10.3 Å². The van der Waals surface area contributed by atoms with Crippen LogP contribution in [-0.4, -0.2) is 39.4 Å². The topological polar surface area (TPSA) is 109 Å². The number of thiazole rings is 1. The minimum Gasteiger partial charge on any atom is -0.446 e. The van der Waals surface area contributed by atoms with Gasteiger partial charge in [-0.1, -0.05) is 29.0 Å². The number of nitrogens with zero attached hydrogens (tertiary/aromatic N) is 5. The van der Waals surface area contributed by atoms with Crippen molar-refractivity contribution < 1.29 is 9.21 Å². The van der Waals surface area contributed by atoms with Crippen molar-refractivity contribution in [1.82, 2.24) is 25.3 Å². The highest BCUT2D eigenvalue weighted by molar-refractivity contribution is 7.21. The quantitative estimate of drug-likeness (QED) is 0.262. The van der Waals surface area contributed by atoms with Gasteiger partial charge in [-0.15, -0.1) is 0 Å². The van der Waals surface area contributed by atoms with E-state index < -0.39 is 0 Å². The van der Waals surface area contributed by atoms with E-state index in [9.17, 15) is 4.79 Å². The van der Waals surface area contributed by atoms with Crippen LogP contribution in [0.15, 0.2) is 59.1 Å². The van der Waals surface area contributed by atoms with Gasteiger partial charge in [0.05, 0.1) is 12.1 Å². The molecule has 0 atom stereocenters. The zero-order valence-corrected chi connectivity index (χ0v) is 22.6. The van der Waals surface area contributed by atoms with Gasteiger partial charge in [0.25, 0.3) is 0 Å². The first-order valence-corrected chi connectivity index (χ1v) is 13.2. The van der Waals surface area contributed by atoms with Crippen LogP contribution in [0.1, 0.15) is 28.5 Å². The number of aromatic nitrogens is 4. The Morgan fingerprint density at radius 1 is 1.03 bits per heavy atom. The lowest BCUT2D eigenvalue weighted by molar-refractivity contribution is -0.120. The number of anilines is 4. The summed E-state index contributed by atoms with van der Waals surface area (Å²) in [6.07, 6.45) is 2.57. The first kappa shape index (κ1) is 25.3. The molecule has 0 unspecified atom stereocenters. The third-order valence-electron chi connectivity index (χ3n) is 6.11. The molecule has 0 aliphatic rings. The average molecular weight is 528 g/mol. The molecule has 5 aromatic rings. The molecule has 38 heavy (non-hydrogen) atoms. The van der Waals surface area contributed by atoms with Gasteiger partial charge in [0.2, 0.25) is 5.91 Å². The smallest absolute Gasteiger partial charge is 0.224 e. The van der Waals surface area contributed by atoms with Crippen molar-refractivity contribution in [3.63, 3.8) is 0 Å². The molecule has 0 saturated carbocycles. The number of nitrogens with one attached hydrogen (secondary N) is 2. The largest absolute Gasteiger partial charge is 0.446 e. The van der Waals surface area contributed by atoms with Gasteiger partial charge in [-0.2, -0.15) is 0 Å². The maximum atomic E-state index is 12.5. The molecule has 1 amide bonds. The van der Waals surface area contributed by atoms with E-state index in [0.717, 1.165) is 38.9 Å². The summed E-state index contributed by atoms with van der Waals surface area (Å²) in [4.78, 5) is 33.5. The molecule has 0 bridgehead atoms. The molecule has 0 radical (unpaired) electrons. The standard InChI is InChI=1S/C28H29N7O2S/c1-17-5-7-21(8-6-17)35(4)25-10-9-23-27(34-25)38-28(32-23)33-24-15-20(11-13-29-24)16-26(36)30-14-12-22-18(2)37-19(3)31-22/h5-11,13,15H,12,14,16H2,1-4H3,(H,30,36)(H,29,32,33). The zero-order chi connectivity index (χ0) is 26.6. The molecule has 4 aromatic heterocycles. The lowest BCUT2D eigenvalue weighted by Gasteiger charge is -2.18. The van der Waals surface area contributed by atoms with Gasteiger partial charge >= 0.3 is 0 Å². The molecule has 0 saturated heterocycles. The van der Waals surface area contributed by atoms with E-state index in [1.807, 2.05) is 45.2 Å². The van der Waals surface area contributed by atoms with Crippen LogP contribution in [0.3, 0.4) is 0 Å². The molecule has 0 fully saturated rings. The third-order valence-corrected chi connectivity index (χ3v) is 6.99. The van der Waals surface area contributed by atoms with E-state index in [2.05, 4.69) is 61.7 Å². The van der Waals surface area contributed by atoms with E-state index in [-0.39, 0.29) is 12.3 Å². The van der Waals surface area contributed by atoms with Gasteiger partial charge in [0.1, 0.15) is 27.7 Å². The Bertz CT molecular complexity index is 1580. The van der Waals surface area contributed by atoms with Crippen molar-refractivity contribution in [3.05, 3.63) is 83.2 Å². The number of aryl methyl sites for hydroxylation is 3. The number of carbonyl (C=O) groups is 1. The minimum absolute atomic E-state index is 0.0607. The fourth-order valence-corrected chi connectivity index (χ4v) is 4.92. The number of amides is 1. The molecule has 0 aliphatic carbocycles. The Kier molecular flexibility index (Phi) is 7.32. The second-order valence-electron chi connectivity index (χ2n) is 9.09. The summed E-state index contributed by atoms with van der Waals surface area (Å²) in [5.74, 6) is 2.84. The minimum atomic E-state index is -0.0607. The van der Waals surface area contributed by atoms with Crippen LogP contribution in [0.5, 0.6) is 0 Å². The van der Waals surface area contributed by atoms with Crippen LogP contribution < -0.4 is 15.5 Å². The molecule has 1 aromatic carbocycles. The molecule has 9 nitrogen and oxygen atoms in total. The lowest BCUT2D eigenvalue weighted by atomic mass is 10.2. The van der Waals surface area contributed by atoms with Gasteiger partial charge in [-0.25, -0.2) is 19.9 Å². The summed E-state index contributed by atoms with van der Waals surface area (Å²) >= 11 is 1.46. The first-order chi connectivity index (χ1) is 18.3. The second-order valence-corrected chi connectivity index (χ2v) is 10.1. The van der Waals surface area contributed by atoms with E-state index in [1.165, 1.54) is 16.9 Å². The fourth-order valence-electron chi connectivity index (χ4n) is 4.08. The predicted molar refractivity (Wildman–Crippen MR) is 151 cm³/mol.